The van der Waals surface area contributed by atoms with Crippen LogP contribution in [0.1, 0.15) is 23.8 Å². The second-order valence-electron chi connectivity index (χ2n) is 7.82. The Hall–Kier alpha value is -2.72. The Morgan fingerprint density at radius 3 is 2.48 bits per heavy atom. The highest BCUT2D eigenvalue weighted by molar-refractivity contribution is 7.19. The van der Waals surface area contributed by atoms with Gasteiger partial charge in [0, 0.05) is 15.8 Å². The maximum atomic E-state index is 13.4. The molecule has 0 saturated carbocycles. The van der Waals surface area contributed by atoms with Crippen LogP contribution in [-0.4, -0.2) is 12.1 Å². The van der Waals surface area contributed by atoms with E-state index in [2.05, 4.69) is 25.1 Å². The smallest absolute Gasteiger partial charge is 0.125 e. The summed E-state index contributed by atoms with van der Waals surface area (Å²) >= 11 is 1.82. The molecule has 0 amide bonds. The SMILES string of the molecule is COc1ccc(-c2cc(-c3ccc(F)cc3)nc3sc4c(c23)CCC(C)C4)cc1. The molecule has 0 aliphatic heterocycles. The average Bonchev–Trinajstić information content (AvgIpc) is 3.11. The van der Waals surface area contributed by atoms with E-state index in [-0.39, 0.29) is 5.82 Å². The summed E-state index contributed by atoms with van der Waals surface area (Å²) in [5, 5.41) is 1.29. The number of hydrogen-bond acceptors (Lipinski definition) is 3. The maximum absolute atomic E-state index is 13.4. The van der Waals surface area contributed by atoms with Crippen molar-refractivity contribution in [2.45, 2.75) is 26.2 Å². The van der Waals surface area contributed by atoms with Gasteiger partial charge in [-0.2, -0.15) is 0 Å². The number of benzene rings is 2. The molecular formula is C25H22FNOS. The summed E-state index contributed by atoms with van der Waals surface area (Å²) in [5.74, 6) is 1.33. The van der Waals surface area contributed by atoms with Crippen LogP contribution in [0.4, 0.5) is 4.39 Å². The number of nitrogens with zero attached hydrogens (tertiary/aromatic N) is 1. The average molecular weight is 404 g/mol. The highest BCUT2D eigenvalue weighted by Gasteiger charge is 2.24. The number of ether oxygens (including phenoxy) is 1. The zero-order valence-corrected chi connectivity index (χ0v) is 17.4. The summed E-state index contributed by atoms with van der Waals surface area (Å²) in [6, 6.07) is 17.0. The summed E-state index contributed by atoms with van der Waals surface area (Å²) in [5.41, 5.74) is 5.63. The van der Waals surface area contributed by atoms with Gasteiger partial charge in [-0.3, -0.25) is 0 Å². The van der Waals surface area contributed by atoms with Crippen LogP contribution < -0.4 is 4.74 Å². The summed E-state index contributed by atoms with van der Waals surface area (Å²) in [6.45, 7) is 2.33. The van der Waals surface area contributed by atoms with Crippen LogP contribution in [0.25, 0.3) is 32.6 Å². The normalized spacial score (nSPS) is 16.0. The highest BCUT2D eigenvalue weighted by Crippen LogP contribution is 2.43. The van der Waals surface area contributed by atoms with Gasteiger partial charge in [0.05, 0.1) is 12.8 Å². The third-order valence-corrected chi connectivity index (χ3v) is 6.95. The van der Waals surface area contributed by atoms with Crippen LogP contribution in [-0.2, 0) is 12.8 Å². The van der Waals surface area contributed by atoms with Gasteiger partial charge in [-0.1, -0.05) is 19.1 Å². The molecular weight excluding hydrogens is 381 g/mol. The Morgan fingerprint density at radius 2 is 1.76 bits per heavy atom. The molecule has 0 fully saturated rings. The van der Waals surface area contributed by atoms with E-state index in [4.69, 9.17) is 9.72 Å². The first-order chi connectivity index (χ1) is 14.1. The fraction of sp³-hybridized carbons (Fsp3) is 0.240. The highest BCUT2D eigenvalue weighted by atomic mass is 32.1. The van der Waals surface area contributed by atoms with Gasteiger partial charge in [0.15, 0.2) is 0 Å². The minimum absolute atomic E-state index is 0.231. The van der Waals surface area contributed by atoms with Crippen LogP contribution in [0.3, 0.4) is 0 Å². The molecule has 146 valence electrons. The largest absolute Gasteiger partial charge is 0.497 e. The van der Waals surface area contributed by atoms with Gasteiger partial charge in [-0.15, -0.1) is 11.3 Å². The lowest BCUT2D eigenvalue weighted by Crippen LogP contribution is -2.08. The van der Waals surface area contributed by atoms with Gasteiger partial charge in [0.25, 0.3) is 0 Å². The molecule has 1 atom stereocenters. The number of thiophene rings is 1. The molecule has 2 heterocycles. The van der Waals surface area contributed by atoms with E-state index in [9.17, 15) is 4.39 Å². The molecule has 0 saturated heterocycles. The van der Waals surface area contributed by atoms with Crippen molar-refractivity contribution in [1.82, 2.24) is 4.98 Å². The van der Waals surface area contributed by atoms with Crippen molar-refractivity contribution < 1.29 is 9.13 Å². The molecule has 4 aromatic rings. The molecule has 1 aliphatic carbocycles. The van der Waals surface area contributed by atoms with Crippen LogP contribution in [0, 0.1) is 11.7 Å². The predicted molar refractivity (Wildman–Crippen MR) is 118 cm³/mol. The molecule has 2 aromatic heterocycles. The van der Waals surface area contributed by atoms with Crippen molar-refractivity contribution in [2.75, 3.05) is 7.11 Å². The monoisotopic (exact) mass is 403 g/mol. The van der Waals surface area contributed by atoms with E-state index >= 15 is 0 Å². The van der Waals surface area contributed by atoms with Gasteiger partial charge in [0.1, 0.15) is 16.4 Å². The predicted octanol–water partition coefficient (Wildman–Crippen LogP) is 6.90. The molecule has 29 heavy (non-hydrogen) atoms. The Bertz CT molecular complexity index is 1180. The zero-order chi connectivity index (χ0) is 20.0. The minimum Gasteiger partial charge on any atom is -0.497 e. The minimum atomic E-state index is -0.231. The number of aromatic nitrogens is 1. The van der Waals surface area contributed by atoms with E-state index in [0.717, 1.165) is 46.2 Å². The standard InChI is InChI=1S/C25H22FNOS/c1-15-3-12-20-23(13-15)29-25-24(20)21(16-6-10-19(28-2)11-7-16)14-22(27-25)17-4-8-18(26)9-5-17/h4-11,14-15H,3,12-13H2,1-2H3. The number of methoxy groups -OCH3 is 1. The van der Waals surface area contributed by atoms with Gasteiger partial charge >= 0.3 is 0 Å². The third kappa shape index (κ3) is 3.32. The van der Waals surface area contributed by atoms with E-state index < -0.39 is 0 Å². The number of halogens is 1. The molecule has 5 rings (SSSR count). The molecule has 1 unspecified atom stereocenters. The first kappa shape index (κ1) is 18.3. The van der Waals surface area contributed by atoms with Crippen molar-refractivity contribution in [1.29, 1.82) is 0 Å². The fourth-order valence-electron chi connectivity index (χ4n) is 4.21. The van der Waals surface area contributed by atoms with Crippen molar-refractivity contribution >= 4 is 21.6 Å². The number of aryl methyl sites for hydroxylation is 1. The first-order valence-corrected chi connectivity index (χ1v) is 10.8. The van der Waals surface area contributed by atoms with Crippen molar-refractivity contribution in [3.05, 3.63) is 70.9 Å². The van der Waals surface area contributed by atoms with Crippen LogP contribution in [0.5, 0.6) is 5.75 Å². The molecule has 0 N–H and O–H groups in total. The second-order valence-corrected chi connectivity index (χ2v) is 8.91. The van der Waals surface area contributed by atoms with Crippen molar-refractivity contribution in [3.8, 4) is 28.1 Å². The summed E-state index contributed by atoms with van der Waals surface area (Å²) in [4.78, 5) is 7.55. The van der Waals surface area contributed by atoms with Crippen molar-refractivity contribution in [2.24, 2.45) is 5.92 Å². The van der Waals surface area contributed by atoms with Gasteiger partial charge in [-0.25, -0.2) is 9.37 Å². The topological polar surface area (TPSA) is 22.1 Å². The summed E-state index contributed by atoms with van der Waals surface area (Å²) < 4.78 is 18.8. The number of pyridine rings is 1. The molecule has 0 bridgehead atoms. The van der Waals surface area contributed by atoms with E-state index in [0.29, 0.717) is 0 Å². The van der Waals surface area contributed by atoms with E-state index in [1.807, 2.05) is 23.5 Å². The van der Waals surface area contributed by atoms with Crippen LogP contribution in [0.15, 0.2) is 54.6 Å². The second kappa shape index (κ2) is 7.27. The molecule has 2 aromatic carbocycles. The lowest BCUT2D eigenvalue weighted by atomic mass is 9.87. The van der Waals surface area contributed by atoms with Crippen molar-refractivity contribution in [3.63, 3.8) is 0 Å². The Kier molecular flexibility index (Phi) is 4.59. The molecule has 0 radical (unpaired) electrons. The molecule has 1 aliphatic rings. The van der Waals surface area contributed by atoms with E-state index in [1.54, 1.807) is 19.2 Å². The quantitative estimate of drug-likeness (QED) is 0.371. The Labute approximate surface area is 174 Å². The summed E-state index contributed by atoms with van der Waals surface area (Å²) in [7, 11) is 1.68. The first-order valence-electron chi connectivity index (χ1n) is 9.98. The van der Waals surface area contributed by atoms with Gasteiger partial charge in [0.2, 0.25) is 0 Å². The zero-order valence-electron chi connectivity index (χ0n) is 16.5. The van der Waals surface area contributed by atoms with Gasteiger partial charge in [-0.05, 0) is 84.3 Å². The maximum Gasteiger partial charge on any atom is 0.125 e. The Morgan fingerprint density at radius 1 is 1.03 bits per heavy atom. The molecule has 0 spiro atoms. The third-order valence-electron chi connectivity index (χ3n) is 5.81. The van der Waals surface area contributed by atoms with Crippen LogP contribution in [0.2, 0.25) is 0 Å². The lowest BCUT2D eigenvalue weighted by molar-refractivity contribution is 0.415. The number of rotatable bonds is 3. The fourth-order valence-corrected chi connectivity index (χ4v) is 5.62. The van der Waals surface area contributed by atoms with Gasteiger partial charge < -0.3 is 4.74 Å². The van der Waals surface area contributed by atoms with E-state index in [1.165, 1.54) is 39.9 Å². The summed E-state index contributed by atoms with van der Waals surface area (Å²) in [6.07, 6.45) is 3.46. The lowest BCUT2D eigenvalue weighted by Gasteiger charge is -2.18. The molecule has 4 heteroatoms. The number of hydrogen-bond donors (Lipinski definition) is 0. The molecule has 2 nitrogen and oxygen atoms in total. The Balaban J connectivity index is 1.75. The number of fused-ring (bicyclic) bond motifs is 3. The van der Waals surface area contributed by atoms with Crippen LogP contribution >= 0.6 is 11.3 Å².